The number of carboxylic acid groups (broad SMARTS) is 1. The maximum Gasteiger partial charge on any atom is 0.329 e. The van der Waals surface area contributed by atoms with Crippen LogP contribution in [0.1, 0.15) is 5.56 Å². The molecule has 0 spiro atoms. The molecule has 5 nitrogen and oxygen atoms in total. The lowest BCUT2D eigenvalue weighted by molar-refractivity contribution is -0.142. The number of aliphatic carboxylic acids is 1. The minimum atomic E-state index is -1.44. The minimum Gasteiger partial charge on any atom is -0.480 e. The molecule has 0 radical (unpaired) electrons. The third-order valence-corrected chi connectivity index (χ3v) is 3.76. The van der Waals surface area contributed by atoms with E-state index in [2.05, 4.69) is 9.97 Å². The molecule has 0 bridgehead atoms. The number of hydrogen-bond donors (Lipinski definition) is 2. The second-order valence-electron chi connectivity index (χ2n) is 3.97. The zero-order chi connectivity index (χ0) is 13.7. The highest BCUT2D eigenvalue weighted by atomic mass is 32.2. The lowest BCUT2D eigenvalue weighted by atomic mass is 9.93. The van der Waals surface area contributed by atoms with Crippen LogP contribution in [0.2, 0.25) is 0 Å². The normalized spacial score (nSPS) is 13.7. The molecule has 6 heteroatoms. The van der Waals surface area contributed by atoms with Crippen molar-refractivity contribution in [1.82, 2.24) is 9.97 Å². The molecule has 2 rings (SSSR count). The molecule has 0 fully saturated rings. The summed E-state index contributed by atoms with van der Waals surface area (Å²) in [5.74, 6) is -0.875. The Morgan fingerprint density at radius 1 is 1.32 bits per heavy atom. The van der Waals surface area contributed by atoms with Crippen molar-refractivity contribution in [2.45, 2.75) is 10.6 Å². The molecule has 0 aliphatic rings. The summed E-state index contributed by atoms with van der Waals surface area (Å²) in [7, 11) is 0. The zero-order valence-corrected chi connectivity index (χ0v) is 10.9. The maximum atomic E-state index is 11.5. The number of aromatic nitrogens is 2. The van der Waals surface area contributed by atoms with Gasteiger partial charge in [-0.3, -0.25) is 4.98 Å². The quantitative estimate of drug-likeness (QED) is 0.804. The van der Waals surface area contributed by atoms with E-state index >= 15 is 0 Å². The van der Waals surface area contributed by atoms with Crippen molar-refractivity contribution in [3.63, 3.8) is 0 Å². The third-order valence-electron chi connectivity index (χ3n) is 2.66. The minimum absolute atomic E-state index is 0.186. The number of hydrogen-bond acceptors (Lipinski definition) is 5. The smallest absolute Gasteiger partial charge is 0.329 e. The van der Waals surface area contributed by atoms with Gasteiger partial charge >= 0.3 is 5.97 Å². The lowest BCUT2D eigenvalue weighted by Gasteiger charge is -2.24. The fourth-order valence-corrected chi connectivity index (χ4v) is 2.49. The van der Waals surface area contributed by atoms with Crippen LogP contribution in [0.4, 0.5) is 0 Å². The molecule has 3 N–H and O–H groups in total. The Bertz CT molecular complexity index is 550. The highest BCUT2D eigenvalue weighted by Gasteiger charge is 2.36. The first-order valence-electron chi connectivity index (χ1n) is 5.59. The van der Waals surface area contributed by atoms with Crippen LogP contribution in [0.5, 0.6) is 0 Å². The Labute approximate surface area is 114 Å². The molecular weight excluding hydrogens is 262 g/mol. The van der Waals surface area contributed by atoms with Crippen LogP contribution >= 0.6 is 11.8 Å². The van der Waals surface area contributed by atoms with Gasteiger partial charge in [-0.05, 0) is 5.56 Å². The Hall–Kier alpha value is -1.92. The Kier molecular flexibility index (Phi) is 4.13. The van der Waals surface area contributed by atoms with Crippen molar-refractivity contribution in [2.75, 3.05) is 5.75 Å². The summed E-state index contributed by atoms with van der Waals surface area (Å²) in [6, 6.07) is 8.79. The van der Waals surface area contributed by atoms with Crippen LogP contribution in [0.25, 0.3) is 0 Å². The standard InChI is InChI=1S/C13H13N3O2S/c14-13(12(17)18,10-4-2-1-3-5-10)9-19-11-8-15-6-7-16-11/h1-8H,9,14H2,(H,17,18). The number of rotatable bonds is 5. The second-order valence-corrected chi connectivity index (χ2v) is 4.97. The monoisotopic (exact) mass is 275 g/mol. The van der Waals surface area contributed by atoms with Gasteiger partial charge in [0.2, 0.25) is 0 Å². The van der Waals surface area contributed by atoms with E-state index in [9.17, 15) is 9.90 Å². The van der Waals surface area contributed by atoms with E-state index in [1.54, 1.807) is 42.9 Å². The van der Waals surface area contributed by atoms with Crippen molar-refractivity contribution >= 4 is 17.7 Å². The summed E-state index contributed by atoms with van der Waals surface area (Å²) in [5.41, 5.74) is 5.17. The van der Waals surface area contributed by atoms with Crippen LogP contribution in [-0.2, 0) is 10.3 Å². The number of carboxylic acids is 1. The molecule has 19 heavy (non-hydrogen) atoms. The molecule has 0 saturated carbocycles. The van der Waals surface area contributed by atoms with Gasteiger partial charge in [-0.15, -0.1) is 11.8 Å². The van der Waals surface area contributed by atoms with Crippen LogP contribution in [0, 0.1) is 0 Å². The lowest BCUT2D eigenvalue weighted by Crippen LogP contribution is -2.47. The molecule has 1 heterocycles. The van der Waals surface area contributed by atoms with Gasteiger partial charge < -0.3 is 10.8 Å². The summed E-state index contributed by atoms with van der Waals surface area (Å²) in [6.07, 6.45) is 4.70. The molecule has 98 valence electrons. The highest BCUT2D eigenvalue weighted by molar-refractivity contribution is 7.99. The van der Waals surface area contributed by atoms with Gasteiger partial charge in [-0.1, -0.05) is 30.3 Å². The summed E-state index contributed by atoms with van der Waals surface area (Å²) in [5, 5.41) is 10.0. The summed E-state index contributed by atoms with van der Waals surface area (Å²) in [4.78, 5) is 19.5. The average Bonchev–Trinajstić information content (AvgIpc) is 2.46. The summed E-state index contributed by atoms with van der Waals surface area (Å²) >= 11 is 1.27. The zero-order valence-electron chi connectivity index (χ0n) is 10.1. The van der Waals surface area contributed by atoms with Crippen molar-refractivity contribution < 1.29 is 9.90 Å². The van der Waals surface area contributed by atoms with Crippen LogP contribution in [0.15, 0.2) is 53.9 Å². The Morgan fingerprint density at radius 2 is 2.05 bits per heavy atom. The fraction of sp³-hybridized carbons (Fsp3) is 0.154. The average molecular weight is 275 g/mol. The molecule has 1 aromatic carbocycles. The van der Waals surface area contributed by atoms with Crippen molar-refractivity contribution in [3.05, 3.63) is 54.5 Å². The van der Waals surface area contributed by atoms with Crippen molar-refractivity contribution in [3.8, 4) is 0 Å². The maximum absolute atomic E-state index is 11.5. The largest absolute Gasteiger partial charge is 0.480 e. The van der Waals surface area contributed by atoms with E-state index in [0.29, 0.717) is 10.6 Å². The summed E-state index contributed by atoms with van der Waals surface area (Å²) < 4.78 is 0. The van der Waals surface area contributed by atoms with E-state index in [0.717, 1.165) is 0 Å². The fourth-order valence-electron chi connectivity index (χ4n) is 1.55. The molecule has 0 aliphatic heterocycles. The predicted molar refractivity (Wildman–Crippen MR) is 72.7 cm³/mol. The molecule has 0 aliphatic carbocycles. The molecular formula is C13H13N3O2S. The van der Waals surface area contributed by atoms with Crippen LogP contribution in [0.3, 0.4) is 0 Å². The van der Waals surface area contributed by atoms with Crippen LogP contribution in [-0.4, -0.2) is 26.8 Å². The van der Waals surface area contributed by atoms with Gasteiger partial charge in [-0.25, -0.2) is 9.78 Å². The number of nitrogens with zero attached hydrogens (tertiary/aromatic N) is 2. The van der Waals surface area contributed by atoms with Crippen LogP contribution < -0.4 is 5.73 Å². The highest BCUT2D eigenvalue weighted by Crippen LogP contribution is 2.26. The van der Waals surface area contributed by atoms with Crippen molar-refractivity contribution in [2.24, 2.45) is 5.73 Å². The van der Waals surface area contributed by atoms with Crippen molar-refractivity contribution in [1.29, 1.82) is 0 Å². The SMILES string of the molecule is NC(CSc1cnccn1)(C(=O)O)c1ccccc1. The predicted octanol–water partition coefficient (Wildman–Crippen LogP) is 1.51. The van der Waals surface area contributed by atoms with E-state index in [1.807, 2.05) is 6.07 Å². The van der Waals surface area contributed by atoms with E-state index in [-0.39, 0.29) is 5.75 Å². The van der Waals surface area contributed by atoms with Gasteiger partial charge in [0, 0.05) is 18.1 Å². The van der Waals surface area contributed by atoms with E-state index in [1.165, 1.54) is 11.8 Å². The van der Waals surface area contributed by atoms with E-state index < -0.39 is 11.5 Å². The van der Waals surface area contributed by atoms with Gasteiger partial charge in [0.25, 0.3) is 0 Å². The topological polar surface area (TPSA) is 89.1 Å². The van der Waals surface area contributed by atoms with E-state index in [4.69, 9.17) is 5.73 Å². The number of thioether (sulfide) groups is 1. The molecule has 0 amide bonds. The number of nitrogens with two attached hydrogens (primary N) is 1. The summed E-state index contributed by atoms with van der Waals surface area (Å²) in [6.45, 7) is 0. The Morgan fingerprint density at radius 3 is 2.63 bits per heavy atom. The first kappa shape index (κ1) is 13.5. The first-order valence-corrected chi connectivity index (χ1v) is 6.58. The van der Waals surface area contributed by atoms with Gasteiger partial charge in [0.15, 0.2) is 0 Å². The van der Waals surface area contributed by atoms with Gasteiger partial charge in [0.05, 0.1) is 6.20 Å². The number of carbonyl (C=O) groups is 1. The second kappa shape index (κ2) is 5.81. The van der Waals surface area contributed by atoms with Gasteiger partial charge in [0.1, 0.15) is 10.6 Å². The molecule has 1 atom stereocenters. The molecule has 1 aromatic heterocycles. The molecule has 2 aromatic rings. The van der Waals surface area contributed by atoms with Gasteiger partial charge in [-0.2, -0.15) is 0 Å². The first-order chi connectivity index (χ1) is 9.13. The molecule has 1 unspecified atom stereocenters. The number of benzene rings is 1. The Balaban J connectivity index is 2.19. The molecule has 0 saturated heterocycles. The third kappa shape index (κ3) is 3.10.